The van der Waals surface area contributed by atoms with Gasteiger partial charge in [0.05, 0.1) is 0 Å². The molecule has 0 aliphatic carbocycles. The topological polar surface area (TPSA) is 31.4 Å². The van der Waals surface area contributed by atoms with Gasteiger partial charge in [0.15, 0.2) is 0 Å². The molecule has 4 nitrogen and oxygen atoms in total. The fourth-order valence-electron chi connectivity index (χ4n) is 2.60. The number of hydrogen-bond acceptors (Lipinski definition) is 5. The Morgan fingerprint density at radius 2 is 1.95 bits per heavy atom. The van der Waals surface area contributed by atoms with Gasteiger partial charge in [-0.1, -0.05) is 12.1 Å². The molecule has 2 aromatic heterocycles. The molecule has 0 saturated carbocycles. The third kappa shape index (κ3) is 4.43. The number of anilines is 1. The van der Waals surface area contributed by atoms with Crippen LogP contribution in [-0.2, 0) is 13.1 Å². The Balaban J connectivity index is 0.00000176. The molecule has 6 heteroatoms. The number of rotatable bonds is 5. The van der Waals surface area contributed by atoms with Crippen LogP contribution < -0.4 is 10.2 Å². The Hall–Kier alpha value is -1.14. The van der Waals surface area contributed by atoms with Crippen molar-refractivity contribution >= 4 is 29.6 Å². The molecule has 3 heterocycles. The van der Waals surface area contributed by atoms with Gasteiger partial charge in [0, 0.05) is 55.9 Å². The molecule has 0 unspecified atom stereocenters. The van der Waals surface area contributed by atoms with Gasteiger partial charge in [-0.2, -0.15) is 0 Å². The summed E-state index contributed by atoms with van der Waals surface area (Å²) in [7, 11) is 2.18. The highest BCUT2D eigenvalue weighted by atomic mass is 35.5. The summed E-state index contributed by atoms with van der Waals surface area (Å²) in [6, 6.07) is 8.48. The molecular formula is C16H23ClN4S. The van der Waals surface area contributed by atoms with Crippen molar-refractivity contribution in [3.8, 4) is 0 Å². The molecule has 1 aliphatic heterocycles. The fraction of sp³-hybridized carbons (Fsp3) is 0.438. The van der Waals surface area contributed by atoms with Crippen LogP contribution >= 0.6 is 23.7 Å². The summed E-state index contributed by atoms with van der Waals surface area (Å²) in [6.07, 6.45) is 1.90. The lowest BCUT2D eigenvalue weighted by Crippen LogP contribution is -2.45. The van der Waals surface area contributed by atoms with E-state index in [1.54, 1.807) is 11.3 Å². The minimum absolute atomic E-state index is 0. The third-order valence-corrected chi connectivity index (χ3v) is 4.74. The van der Waals surface area contributed by atoms with Crippen molar-refractivity contribution < 1.29 is 0 Å². The highest BCUT2D eigenvalue weighted by Crippen LogP contribution is 2.19. The summed E-state index contributed by atoms with van der Waals surface area (Å²) >= 11 is 1.80. The molecule has 22 heavy (non-hydrogen) atoms. The van der Waals surface area contributed by atoms with E-state index in [9.17, 15) is 0 Å². The zero-order valence-electron chi connectivity index (χ0n) is 12.9. The largest absolute Gasteiger partial charge is 0.354 e. The lowest BCUT2D eigenvalue weighted by molar-refractivity contribution is 0.311. The van der Waals surface area contributed by atoms with Crippen molar-refractivity contribution in [3.63, 3.8) is 0 Å². The maximum atomic E-state index is 4.61. The van der Waals surface area contributed by atoms with Crippen molar-refractivity contribution in [2.24, 2.45) is 0 Å². The Morgan fingerprint density at radius 3 is 2.68 bits per heavy atom. The van der Waals surface area contributed by atoms with E-state index < -0.39 is 0 Å². The number of aromatic nitrogens is 1. The maximum Gasteiger partial charge on any atom is 0.133 e. The summed E-state index contributed by atoms with van der Waals surface area (Å²) in [5.74, 6) is 1.14. The van der Waals surface area contributed by atoms with Gasteiger partial charge in [0.25, 0.3) is 0 Å². The number of piperazine rings is 1. The lowest BCUT2D eigenvalue weighted by atomic mass is 10.2. The van der Waals surface area contributed by atoms with Gasteiger partial charge in [-0.25, -0.2) is 4.98 Å². The third-order valence-electron chi connectivity index (χ3n) is 3.87. The van der Waals surface area contributed by atoms with Crippen LogP contribution in [0.1, 0.15) is 10.4 Å². The van der Waals surface area contributed by atoms with Crippen molar-refractivity contribution in [1.29, 1.82) is 0 Å². The zero-order chi connectivity index (χ0) is 14.5. The number of hydrogen-bond donors (Lipinski definition) is 1. The van der Waals surface area contributed by atoms with Gasteiger partial charge < -0.3 is 15.1 Å². The summed E-state index contributed by atoms with van der Waals surface area (Å²) in [5, 5.41) is 5.65. The Labute approximate surface area is 142 Å². The highest BCUT2D eigenvalue weighted by Gasteiger charge is 2.17. The Morgan fingerprint density at radius 1 is 1.14 bits per heavy atom. The van der Waals surface area contributed by atoms with Gasteiger partial charge >= 0.3 is 0 Å². The van der Waals surface area contributed by atoms with Gasteiger partial charge in [0.1, 0.15) is 5.82 Å². The maximum absolute atomic E-state index is 4.61. The minimum Gasteiger partial charge on any atom is -0.354 e. The van der Waals surface area contributed by atoms with Crippen LogP contribution in [0.3, 0.4) is 0 Å². The molecule has 0 atom stereocenters. The van der Waals surface area contributed by atoms with E-state index in [-0.39, 0.29) is 12.4 Å². The number of pyridine rings is 1. The van der Waals surface area contributed by atoms with Crippen molar-refractivity contribution in [1.82, 2.24) is 15.2 Å². The fourth-order valence-corrected chi connectivity index (χ4v) is 3.28. The van der Waals surface area contributed by atoms with E-state index in [1.807, 2.05) is 12.3 Å². The predicted molar refractivity (Wildman–Crippen MR) is 96.1 cm³/mol. The van der Waals surface area contributed by atoms with E-state index in [0.717, 1.165) is 45.1 Å². The van der Waals surface area contributed by atoms with Crippen LogP contribution in [0.4, 0.5) is 5.82 Å². The van der Waals surface area contributed by atoms with Crippen LogP contribution in [-0.4, -0.2) is 43.1 Å². The predicted octanol–water partition coefficient (Wildman–Crippen LogP) is 2.61. The van der Waals surface area contributed by atoms with E-state index in [4.69, 9.17) is 0 Å². The SMILES string of the molecule is CN1CCN(c2ncccc2CNCc2cccs2)CC1.Cl. The first-order valence-corrected chi connectivity index (χ1v) is 8.31. The van der Waals surface area contributed by atoms with E-state index in [2.05, 4.69) is 50.7 Å². The van der Waals surface area contributed by atoms with Gasteiger partial charge in [-0.05, 0) is 24.6 Å². The number of nitrogens with zero attached hydrogens (tertiary/aromatic N) is 3. The standard InChI is InChI=1S/C16H22N4S.ClH/c1-19-7-9-20(10-8-19)16-14(4-2-6-18-16)12-17-13-15-5-3-11-21-15;/h2-6,11,17H,7-10,12-13H2,1H3;1H. The molecule has 2 aromatic rings. The molecule has 120 valence electrons. The van der Waals surface area contributed by atoms with Crippen LogP contribution in [0.15, 0.2) is 35.8 Å². The first kappa shape index (κ1) is 17.2. The second kappa shape index (κ2) is 8.48. The molecule has 1 fully saturated rings. The molecule has 0 spiro atoms. The monoisotopic (exact) mass is 338 g/mol. The van der Waals surface area contributed by atoms with E-state index in [1.165, 1.54) is 10.4 Å². The number of halogens is 1. The highest BCUT2D eigenvalue weighted by molar-refractivity contribution is 7.09. The number of likely N-dealkylation sites (N-methyl/N-ethyl adjacent to an activating group) is 1. The lowest BCUT2D eigenvalue weighted by Gasteiger charge is -2.34. The van der Waals surface area contributed by atoms with E-state index in [0.29, 0.717) is 0 Å². The molecule has 0 amide bonds. The normalized spacial score (nSPS) is 15.6. The first-order chi connectivity index (χ1) is 10.3. The molecule has 0 bridgehead atoms. The van der Waals surface area contributed by atoms with Crippen LogP contribution in [0.25, 0.3) is 0 Å². The van der Waals surface area contributed by atoms with Gasteiger partial charge in [-0.15, -0.1) is 23.7 Å². The van der Waals surface area contributed by atoms with Crippen LogP contribution in [0.2, 0.25) is 0 Å². The summed E-state index contributed by atoms with van der Waals surface area (Å²) in [4.78, 5) is 10.8. The second-order valence-corrected chi connectivity index (χ2v) is 6.49. The van der Waals surface area contributed by atoms with Gasteiger partial charge in [-0.3, -0.25) is 0 Å². The second-order valence-electron chi connectivity index (χ2n) is 5.46. The van der Waals surface area contributed by atoms with Gasteiger partial charge in [0.2, 0.25) is 0 Å². The average molecular weight is 339 g/mol. The Kier molecular flexibility index (Phi) is 6.64. The molecule has 1 N–H and O–H groups in total. The molecule has 0 aromatic carbocycles. The average Bonchev–Trinajstić information content (AvgIpc) is 3.02. The van der Waals surface area contributed by atoms with Crippen molar-refractivity contribution in [3.05, 3.63) is 46.3 Å². The first-order valence-electron chi connectivity index (χ1n) is 7.43. The smallest absolute Gasteiger partial charge is 0.133 e. The van der Waals surface area contributed by atoms with E-state index >= 15 is 0 Å². The molecule has 1 saturated heterocycles. The Bertz CT molecular complexity index is 553. The quantitative estimate of drug-likeness (QED) is 0.908. The van der Waals surface area contributed by atoms with Crippen LogP contribution in [0, 0.1) is 0 Å². The number of thiophene rings is 1. The summed E-state index contributed by atoms with van der Waals surface area (Å²) < 4.78 is 0. The summed E-state index contributed by atoms with van der Waals surface area (Å²) in [6.45, 7) is 6.14. The number of nitrogens with one attached hydrogen (secondary N) is 1. The minimum atomic E-state index is 0. The van der Waals surface area contributed by atoms with Crippen molar-refractivity contribution in [2.45, 2.75) is 13.1 Å². The van der Waals surface area contributed by atoms with Crippen molar-refractivity contribution in [2.75, 3.05) is 38.1 Å². The zero-order valence-corrected chi connectivity index (χ0v) is 14.5. The molecular weight excluding hydrogens is 316 g/mol. The molecule has 3 rings (SSSR count). The van der Waals surface area contributed by atoms with Crippen LogP contribution in [0.5, 0.6) is 0 Å². The summed E-state index contributed by atoms with van der Waals surface area (Å²) in [5.41, 5.74) is 1.29. The molecule has 0 radical (unpaired) electrons. The molecule has 1 aliphatic rings.